The number of nitrogens with zero attached hydrogens (tertiary/aromatic N) is 1. The van der Waals surface area contributed by atoms with Crippen LogP contribution in [0.15, 0.2) is 47.4 Å². The van der Waals surface area contributed by atoms with Crippen LogP contribution in [-0.4, -0.2) is 45.8 Å². The van der Waals surface area contributed by atoms with Crippen LogP contribution in [0, 0.1) is 5.82 Å². The van der Waals surface area contributed by atoms with Crippen LogP contribution in [0.5, 0.6) is 5.75 Å². The van der Waals surface area contributed by atoms with E-state index < -0.39 is 15.8 Å². The molecule has 37 heavy (non-hydrogen) atoms. The van der Waals surface area contributed by atoms with Crippen LogP contribution < -0.4 is 15.0 Å². The molecule has 0 saturated carbocycles. The molecule has 0 radical (unpaired) electrons. The van der Waals surface area contributed by atoms with Crippen molar-refractivity contribution in [2.45, 2.75) is 32.7 Å². The van der Waals surface area contributed by atoms with Gasteiger partial charge in [-0.25, -0.2) is 12.8 Å². The maximum absolute atomic E-state index is 14.0. The molecular formula is C28H34FN3O4S. The number of rotatable bonds is 8. The van der Waals surface area contributed by atoms with Gasteiger partial charge >= 0.3 is 0 Å². The van der Waals surface area contributed by atoms with Gasteiger partial charge in [0, 0.05) is 35.1 Å². The lowest BCUT2D eigenvalue weighted by Gasteiger charge is -2.24. The Morgan fingerprint density at radius 2 is 1.76 bits per heavy atom. The Bertz CT molecular complexity index is 1490. The van der Waals surface area contributed by atoms with Gasteiger partial charge in [0.1, 0.15) is 11.6 Å². The molecule has 7 nitrogen and oxygen atoms in total. The molecule has 0 bridgehead atoms. The van der Waals surface area contributed by atoms with E-state index in [1.165, 1.54) is 6.07 Å². The van der Waals surface area contributed by atoms with Crippen molar-refractivity contribution in [3.8, 4) is 16.9 Å². The van der Waals surface area contributed by atoms with E-state index in [9.17, 15) is 17.6 Å². The number of pyridine rings is 1. The summed E-state index contributed by atoms with van der Waals surface area (Å²) >= 11 is 0. The van der Waals surface area contributed by atoms with Gasteiger partial charge in [-0.05, 0) is 66.5 Å². The third kappa shape index (κ3) is 7.30. The first-order chi connectivity index (χ1) is 17.2. The van der Waals surface area contributed by atoms with Crippen molar-refractivity contribution in [3.63, 3.8) is 0 Å². The average molecular weight is 528 g/mol. The third-order valence-electron chi connectivity index (χ3n) is 5.68. The first-order valence-electron chi connectivity index (χ1n) is 11.7. The standard InChI is InChI=1S/C28H34FN3O4S/c1-28(2,3)25-14-20(24-15-22(29)16-30-27(24)33)12-19(26(25)36-6)9-8-18-10-11-23(31-37(7,34)35)13-21(18)17-32(4)5/h8-16,31H,17H2,1-7H3,(H,30,33)/b9-8+. The Kier molecular flexibility index (Phi) is 8.29. The van der Waals surface area contributed by atoms with Crippen LogP contribution in [-0.2, 0) is 22.0 Å². The van der Waals surface area contributed by atoms with Crippen molar-refractivity contribution >= 4 is 27.9 Å². The van der Waals surface area contributed by atoms with Crippen molar-refractivity contribution in [2.75, 3.05) is 32.2 Å². The molecule has 0 unspecified atom stereocenters. The molecule has 9 heteroatoms. The molecule has 0 aliphatic heterocycles. The van der Waals surface area contributed by atoms with Crippen molar-refractivity contribution in [1.82, 2.24) is 9.88 Å². The van der Waals surface area contributed by atoms with Gasteiger partial charge in [-0.15, -0.1) is 0 Å². The zero-order chi connectivity index (χ0) is 27.5. The second kappa shape index (κ2) is 10.9. The number of nitrogens with one attached hydrogen (secondary N) is 2. The van der Waals surface area contributed by atoms with Gasteiger partial charge in [-0.2, -0.15) is 0 Å². The number of halogens is 1. The molecule has 0 amide bonds. The summed E-state index contributed by atoms with van der Waals surface area (Å²) in [6.45, 7) is 6.71. The lowest BCUT2D eigenvalue weighted by atomic mass is 9.83. The zero-order valence-electron chi connectivity index (χ0n) is 22.3. The maximum Gasteiger partial charge on any atom is 0.256 e. The molecule has 3 aromatic rings. The number of methoxy groups -OCH3 is 1. The van der Waals surface area contributed by atoms with Crippen molar-refractivity contribution in [3.05, 3.63) is 81.0 Å². The molecule has 3 rings (SSSR count). The number of benzene rings is 2. The number of ether oxygens (including phenoxy) is 1. The number of H-pyrrole nitrogens is 1. The Balaban J connectivity index is 2.19. The van der Waals surface area contributed by atoms with E-state index in [1.54, 1.807) is 25.3 Å². The topological polar surface area (TPSA) is 91.5 Å². The number of hydrogen-bond acceptors (Lipinski definition) is 5. The highest BCUT2D eigenvalue weighted by atomic mass is 32.2. The number of sulfonamides is 1. The highest BCUT2D eigenvalue weighted by molar-refractivity contribution is 7.92. The van der Waals surface area contributed by atoms with Gasteiger partial charge in [-0.3, -0.25) is 9.52 Å². The minimum absolute atomic E-state index is 0.229. The predicted octanol–water partition coefficient (Wildman–Crippen LogP) is 5.09. The van der Waals surface area contributed by atoms with E-state index in [-0.39, 0.29) is 16.5 Å². The highest BCUT2D eigenvalue weighted by Crippen LogP contribution is 2.38. The van der Waals surface area contributed by atoms with Crippen molar-refractivity contribution in [1.29, 1.82) is 0 Å². The van der Waals surface area contributed by atoms with Crippen LogP contribution in [0.25, 0.3) is 23.3 Å². The van der Waals surface area contributed by atoms with Crippen LogP contribution >= 0.6 is 0 Å². The molecule has 0 aliphatic rings. The Hall–Kier alpha value is -3.43. The lowest BCUT2D eigenvalue weighted by Crippen LogP contribution is -2.15. The summed E-state index contributed by atoms with van der Waals surface area (Å²) in [6.07, 6.45) is 5.97. The number of hydrogen-bond donors (Lipinski definition) is 2. The van der Waals surface area contributed by atoms with Gasteiger partial charge in [0.2, 0.25) is 10.0 Å². The SMILES string of the molecule is COc1c(/C=C/c2ccc(NS(C)(=O)=O)cc2CN(C)C)cc(-c2cc(F)c[nH]c2=O)cc1C(C)(C)C. The van der Waals surface area contributed by atoms with Gasteiger partial charge < -0.3 is 14.6 Å². The molecule has 0 fully saturated rings. The quantitative estimate of drug-likeness (QED) is 0.398. The highest BCUT2D eigenvalue weighted by Gasteiger charge is 2.23. The summed E-state index contributed by atoms with van der Waals surface area (Å²) in [5, 5.41) is 0. The monoisotopic (exact) mass is 527 g/mol. The normalized spacial score (nSPS) is 12.4. The smallest absolute Gasteiger partial charge is 0.256 e. The Labute approximate surface area is 218 Å². The summed E-state index contributed by atoms with van der Waals surface area (Å²) in [5.74, 6) is 0.126. The Morgan fingerprint density at radius 1 is 1.08 bits per heavy atom. The fraction of sp³-hybridized carbons (Fsp3) is 0.321. The first kappa shape index (κ1) is 28.1. The first-order valence-corrected chi connectivity index (χ1v) is 13.6. The lowest BCUT2D eigenvalue weighted by molar-refractivity contribution is 0.397. The minimum atomic E-state index is -3.41. The third-order valence-corrected chi connectivity index (χ3v) is 6.29. The van der Waals surface area contributed by atoms with Gasteiger partial charge in [0.15, 0.2) is 0 Å². The molecule has 198 valence electrons. The van der Waals surface area contributed by atoms with E-state index in [4.69, 9.17) is 4.74 Å². The van der Waals surface area contributed by atoms with E-state index in [2.05, 4.69) is 9.71 Å². The van der Waals surface area contributed by atoms with E-state index in [0.29, 0.717) is 23.5 Å². The molecule has 1 aromatic heterocycles. The second-order valence-electron chi connectivity index (χ2n) is 10.3. The number of aromatic nitrogens is 1. The van der Waals surface area contributed by atoms with Gasteiger partial charge in [-0.1, -0.05) is 39.0 Å². The summed E-state index contributed by atoms with van der Waals surface area (Å²) in [6, 6.07) is 10.3. The summed E-state index contributed by atoms with van der Waals surface area (Å²) in [4.78, 5) is 17.0. The van der Waals surface area contributed by atoms with Crippen molar-refractivity contribution < 1.29 is 17.5 Å². The molecule has 1 heterocycles. The zero-order valence-corrected chi connectivity index (χ0v) is 23.1. The fourth-order valence-electron chi connectivity index (χ4n) is 4.09. The Morgan fingerprint density at radius 3 is 2.35 bits per heavy atom. The maximum atomic E-state index is 14.0. The molecule has 0 atom stereocenters. The molecule has 2 aromatic carbocycles. The number of anilines is 1. The summed E-state index contributed by atoms with van der Waals surface area (Å²) in [5.41, 5.74) is 3.99. The average Bonchev–Trinajstić information content (AvgIpc) is 2.77. The molecule has 0 aliphatic carbocycles. The van der Waals surface area contributed by atoms with Crippen LogP contribution in [0.3, 0.4) is 0 Å². The van der Waals surface area contributed by atoms with Gasteiger partial charge in [0.25, 0.3) is 5.56 Å². The van der Waals surface area contributed by atoms with Gasteiger partial charge in [0.05, 0.1) is 13.4 Å². The molecular weight excluding hydrogens is 493 g/mol. The minimum Gasteiger partial charge on any atom is -0.496 e. The van der Waals surface area contributed by atoms with Crippen LogP contribution in [0.1, 0.15) is 43.0 Å². The molecule has 0 spiro atoms. The van der Waals surface area contributed by atoms with Crippen LogP contribution in [0.2, 0.25) is 0 Å². The summed E-state index contributed by atoms with van der Waals surface area (Å²) < 4.78 is 45.8. The van der Waals surface area contributed by atoms with E-state index >= 15 is 0 Å². The van der Waals surface area contributed by atoms with Crippen molar-refractivity contribution in [2.24, 2.45) is 0 Å². The largest absolute Gasteiger partial charge is 0.496 e. The van der Waals surface area contributed by atoms with E-state index in [0.717, 1.165) is 34.7 Å². The second-order valence-corrected chi connectivity index (χ2v) is 12.1. The van der Waals surface area contributed by atoms with E-state index in [1.807, 2.05) is 64.1 Å². The molecule has 0 saturated heterocycles. The van der Waals surface area contributed by atoms with Crippen LogP contribution in [0.4, 0.5) is 10.1 Å². The number of aromatic amines is 1. The molecule has 2 N–H and O–H groups in total. The summed E-state index contributed by atoms with van der Waals surface area (Å²) in [7, 11) is 2.05. The predicted molar refractivity (Wildman–Crippen MR) is 149 cm³/mol. The fourth-order valence-corrected chi connectivity index (χ4v) is 4.65.